The van der Waals surface area contributed by atoms with Crippen molar-refractivity contribution in [3.05, 3.63) is 12.7 Å². The van der Waals surface area contributed by atoms with Crippen molar-refractivity contribution in [2.45, 2.75) is 49.8 Å². The van der Waals surface area contributed by atoms with Crippen molar-refractivity contribution in [2.24, 2.45) is 11.5 Å². The number of nitrogens with two attached hydrogens (primary N) is 3. The number of unbranched alkanes of at least 4 members (excludes halogenated alkanes) is 1. The smallest absolute Gasteiger partial charge is 0.312 e. The van der Waals surface area contributed by atoms with Crippen molar-refractivity contribution in [3.8, 4) is 0 Å². The Morgan fingerprint density at radius 2 is 2.06 bits per heavy atom. The van der Waals surface area contributed by atoms with E-state index in [-0.39, 0.29) is 5.82 Å². The van der Waals surface area contributed by atoms with E-state index < -0.39 is 49.1 Å². The molecular weight excluding hydrogens is 410 g/mol. The number of hydrogen-bond donors (Lipinski definition) is 7. The van der Waals surface area contributed by atoms with E-state index in [9.17, 15) is 19.8 Å². The lowest BCUT2D eigenvalue weighted by Gasteiger charge is -2.22. The molecule has 0 radical (unpaired) electrons. The summed E-state index contributed by atoms with van der Waals surface area (Å²) >= 11 is 0. The molecule has 0 bridgehead atoms. The zero-order valence-corrected chi connectivity index (χ0v) is 16.7. The molecule has 2 aromatic heterocycles. The zero-order valence-electron chi connectivity index (χ0n) is 16.7. The second kappa shape index (κ2) is 9.82. The standard InChI is InChI=1S/C17H27N9O5/c18-8(3-1-2-4-21-17(20)30)15(29)25-10-9(5-27)31-16(12(10)28)26-7-24-11-13(19)22-6-23-14(11)26/h6-10,12,16,27-28H,1-5,18H2,(H,25,29)(H2,19,22,23)(H3,20,21,30)/t8-,9+,10-,12+,16+/m0/s1. The average Bonchev–Trinajstić information content (AvgIpc) is 3.29. The van der Waals surface area contributed by atoms with Crippen LogP contribution in [-0.2, 0) is 9.53 Å². The predicted octanol–water partition coefficient (Wildman–Crippen LogP) is -2.69. The summed E-state index contributed by atoms with van der Waals surface area (Å²) in [5.41, 5.74) is 17.4. The molecule has 1 aliphatic rings. The molecular formula is C17H27N9O5. The molecule has 0 aliphatic carbocycles. The quantitative estimate of drug-likeness (QED) is 0.201. The Kier molecular flexibility index (Phi) is 7.17. The van der Waals surface area contributed by atoms with Crippen LogP contribution in [0.25, 0.3) is 11.2 Å². The van der Waals surface area contributed by atoms with Gasteiger partial charge in [0.25, 0.3) is 0 Å². The molecule has 3 rings (SSSR count). The highest BCUT2D eigenvalue weighted by Crippen LogP contribution is 2.32. The summed E-state index contributed by atoms with van der Waals surface area (Å²) in [5.74, 6) is -0.312. The number of fused-ring (bicyclic) bond motifs is 1. The number of nitrogens with one attached hydrogen (secondary N) is 2. The van der Waals surface area contributed by atoms with Crippen LogP contribution >= 0.6 is 0 Å². The number of ether oxygens (including phenoxy) is 1. The van der Waals surface area contributed by atoms with Gasteiger partial charge in [0.05, 0.1) is 25.0 Å². The van der Waals surface area contributed by atoms with Crippen LogP contribution in [-0.4, -0.2) is 79.1 Å². The number of amides is 3. The molecule has 14 nitrogen and oxygen atoms in total. The summed E-state index contributed by atoms with van der Waals surface area (Å²) in [5, 5.41) is 25.6. The van der Waals surface area contributed by atoms with Crippen LogP contribution in [0, 0.1) is 0 Å². The summed E-state index contributed by atoms with van der Waals surface area (Å²) in [6.45, 7) is -0.0453. The van der Waals surface area contributed by atoms with Crippen molar-refractivity contribution in [1.82, 2.24) is 30.2 Å². The maximum absolute atomic E-state index is 12.5. The summed E-state index contributed by atoms with van der Waals surface area (Å²) in [7, 11) is 0. The molecule has 1 fully saturated rings. The fourth-order valence-corrected chi connectivity index (χ4v) is 3.47. The van der Waals surface area contributed by atoms with Crippen molar-refractivity contribution in [1.29, 1.82) is 0 Å². The van der Waals surface area contributed by atoms with E-state index in [1.54, 1.807) is 0 Å². The minimum atomic E-state index is -1.21. The third-order valence-corrected chi connectivity index (χ3v) is 5.10. The van der Waals surface area contributed by atoms with E-state index in [2.05, 4.69) is 25.6 Å². The van der Waals surface area contributed by atoms with Gasteiger partial charge in [-0.15, -0.1) is 0 Å². The minimum Gasteiger partial charge on any atom is -0.394 e. The topological polar surface area (TPSA) is 230 Å². The molecule has 14 heteroatoms. The lowest BCUT2D eigenvalue weighted by molar-refractivity contribution is -0.124. The number of nitrogens with zero attached hydrogens (tertiary/aromatic N) is 4. The first-order valence-electron chi connectivity index (χ1n) is 9.80. The molecule has 170 valence electrons. The van der Waals surface area contributed by atoms with Gasteiger partial charge in [0.15, 0.2) is 17.7 Å². The highest BCUT2D eigenvalue weighted by atomic mass is 16.5. The number of imidazole rings is 1. The number of rotatable bonds is 9. The lowest BCUT2D eigenvalue weighted by atomic mass is 10.0. The van der Waals surface area contributed by atoms with Gasteiger partial charge in [-0.2, -0.15) is 0 Å². The van der Waals surface area contributed by atoms with Gasteiger partial charge in [0, 0.05) is 6.54 Å². The molecule has 31 heavy (non-hydrogen) atoms. The Morgan fingerprint density at radius 3 is 2.77 bits per heavy atom. The maximum atomic E-state index is 12.5. The van der Waals surface area contributed by atoms with Gasteiger partial charge < -0.3 is 42.8 Å². The van der Waals surface area contributed by atoms with Crippen LogP contribution < -0.4 is 27.8 Å². The van der Waals surface area contributed by atoms with Gasteiger partial charge in [0.1, 0.15) is 24.1 Å². The molecule has 2 aromatic rings. The summed E-state index contributed by atoms with van der Waals surface area (Å²) in [6.07, 6.45) is 1.19. The van der Waals surface area contributed by atoms with Gasteiger partial charge >= 0.3 is 6.03 Å². The third kappa shape index (κ3) is 4.99. The molecule has 0 saturated carbocycles. The van der Waals surface area contributed by atoms with E-state index in [1.807, 2.05) is 0 Å². The largest absolute Gasteiger partial charge is 0.394 e. The van der Waals surface area contributed by atoms with Crippen molar-refractivity contribution in [2.75, 3.05) is 18.9 Å². The Morgan fingerprint density at radius 1 is 1.29 bits per heavy atom. The second-order valence-corrected chi connectivity index (χ2v) is 7.25. The van der Waals surface area contributed by atoms with Gasteiger partial charge in [-0.3, -0.25) is 9.36 Å². The Balaban J connectivity index is 1.62. The molecule has 10 N–H and O–H groups in total. The van der Waals surface area contributed by atoms with Gasteiger partial charge in [-0.05, 0) is 19.3 Å². The minimum absolute atomic E-state index is 0.178. The van der Waals surface area contributed by atoms with Crippen molar-refractivity contribution >= 4 is 28.9 Å². The number of carbonyl (C=O) groups is 2. The molecule has 1 saturated heterocycles. The Bertz CT molecular complexity index is 923. The summed E-state index contributed by atoms with van der Waals surface area (Å²) in [6, 6.07) is -2.34. The number of hydrogen-bond acceptors (Lipinski definition) is 10. The van der Waals surface area contributed by atoms with Crippen LogP contribution in [0.3, 0.4) is 0 Å². The van der Waals surface area contributed by atoms with Crippen molar-refractivity contribution < 1.29 is 24.5 Å². The molecule has 3 heterocycles. The molecule has 3 amide bonds. The van der Waals surface area contributed by atoms with Gasteiger partial charge in [0.2, 0.25) is 5.91 Å². The molecule has 1 aliphatic heterocycles. The van der Waals surface area contributed by atoms with Crippen LogP contribution in [0.15, 0.2) is 12.7 Å². The SMILES string of the molecule is NC(=O)NCCCC[C@H](N)C(=O)N[C@@H]1[C@@H](O)[C@H](n2cnc3c(N)ncnc32)O[C@@H]1CO. The Hall–Kier alpha value is -3.07. The molecule has 5 atom stereocenters. The fraction of sp³-hybridized carbons (Fsp3) is 0.588. The highest BCUT2D eigenvalue weighted by Gasteiger charge is 2.46. The lowest BCUT2D eigenvalue weighted by Crippen LogP contribution is -2.53. The predicted molar refractivity (Wildman–Crippen MR) is 108 cm³/mol. The van der Waals surface area contributed by atoms with Gasteiger partial charge in [-0.1, -0.05) is 0 Å². The van der Waals surface area contributed by atoms with E-state index in [1.165, 1.54) is 17.2 Å². The van der Waals surface area contributed by atoms with E-state index in [0.717, 1.165) is 0 Å². The van der Waals surface area contributed by atoms with Crippen LogP contribution in [0.4, 0.5) is 10.6 Å². The first kappa shape index (κ1) is 22.6. The first-order chi connectivity index (χ1) is 14.8. The monoisotopic (exact) mass is 437 g/mol. The number of primary amides is 1. The Labute approximate surface area is 177 Å². The second-order valence-electron chi connectivity index (χ2n) is 7.25. The molecule has 0 spiro atoms. The molecule has 0 unspecified atom stereocenters. The van der Waals surface area contributed by atoms with E-state index in [4.69, 9.17) is 21.9 Å². The normalized spacial score (nSPS) is 24.2. The van der Waals surface area contributed by atoms with E-state index >= 15 is 0 Å². The maximum Gasteiger partial charge on any atom is 0.312 e. The zero-order chi connectivity index (χ0) is 22.5. The van der Waals surface area contributed by atoms with Crippen LogP contribution in [0.5, 0.6) is 0 Å². The fourth-order valence-electron chi connectivity index (χ4n) is 3.47. The molecule has 0 aromatic carbocycles. The number of urea groups is 1. The number of aromatic nitrogens is 4. The number of aliphatic hydroxyl groups excluding tert-OH is 2. The number of nitrogen functional groups attached to an aromatic ring is 1. The average molecular weight is 437 g/mol. The highest BCUT2D eigenvalue weighted by molar-refractivity contribution is 5.82. The third-order valence-electron chi connectivity index (χ3n) is 5.10. The van der Waals surface area contributed by atoms with Crippen molar-refractivity contribution in [3.63, 3.8) is 0 Å². The first-order valence-corrected chi connectivity index (χ1v) is 9.80. The number of anilines is 1. The van der Waals surface area contributed by atoms with Gasteiger partial charge in [-0.25, -0.2) is 19.7 Å². The number of aliphatic hydroxyl groups is 2. The number of carbonyl (C=O) groups excluding carboxylic acids is 2. The van der Waals surface area contributed by atoms with E-state index in [0.29, 0.717) is 37.0 Å². The van der Waals surface area contributed by atoms with Crippen LogP contribution in [0.2, 0.25) is 0 Å². The van der Waals surface area contributed by atoms with Crippen LogP contribution in [0.1, 0.15) is 25.5 Å². The summed E-state index contributed by atoms with van der Waals surface area (Å²) < 4.78 is 7.23. The summed E-state index contributed by atoms with van der Waals surface area (Å²) in [4.78, 5) is 35.3.